The number of fused-ring (bicyclic) bond motifs is 1. The van der Waals surface area contributed by atoms with E-state index >= 15 is 0 Å². The Hall–Kier alpha value is -3.06. The Bertz CT molecular complexity index is 1010. The second-order valence-corrected chi connectivity index (χ2v) is 8.97. The van der Waals surface area contributed by atoms with Gasteiger partial charge in [-0.2, -0.15) is 0 Å². The molecule has 0 spiro atoms. The third kappa shape index (κ3) is 4.83. The molecule has 0 N–H and O–H groups in total. The minimum absolute atomic E-state index is 0.0796. The highest BCUT2D eigenvalue weighted by Crippen LogP contribution is 2.37. The lowest BCUT2D eigenvalue weighted by Crippen LogP contribution is -2.47. The van der Waals surface area contributed by atoms with Gasteiger partial charge in [0.25, 0.3) is 0 Å². The molecule has 4 rings (SSSR count). The molecule has 1 amide bonds. The molecule has 0 unspecified atom stereocenters. The number of carbonyl (C=O) groups excluding carboxylic acids is 2. The number of ether oxygens (including phenoxy) is 2. The van der Waals surface area contributed by atoms with E-state index in [0.717, 1.165) is 43.9 Å². The number of benzene rings is 2. The Morgan fingerprint density at radius 3 is 2.30 bits per heavy atom. The largest absolute Gasteiger partial charge is 0.496 e. The minimum atomic E-state index is -0.375. The second kappa shape index (κ2) is 9.83. The molecule has 2 aromatic rings. The van der Waals surface area contributed by atoms with Gasteiger partial charge in [0.1, 0.15) is 5.75 Å². The molecule has 0 aromatic heterocycles. The summed E-state index contributed by atoms with van der Waals surface area (Å²) in [7, 11) is 5.23. The van der Waals surface area contributed by atoms with E-state index in [1.54, 1.807) is 19.2 Å². The number of methoxy groups -OCH3 is 2. The molecular formula is C26H33N3O4. The summed E-state index contributed by atoms with van der Waals surface area (Å²) in [6, 6.07) is 11.4. The van der Waals surface area contributed by atoms with Crippen molar-refractivity contribution in [3.8, 4) is 5.75 Å². The van der Waals surface area contributed by atoms with Gasteiger partial charge < -0.3 is 24.2 Å². The van der Waals surface area contributed by atoms with Gasteiger partial charge in [0, 0.05) is 55.6 Å². The van der Waals surface area contributed by atoms with Crippen LogP contribution in [-0.4, -0.2) is 75.2 Å². The molecule has 7 nitrogen and oxygen atoms in total. The second-order valence-electron chi connectivity index (χ2n) is 8.97. The Kier molecular flexibility index (Phi) is 6.88. The molecule has 2 aliphatic heterocycles. The number of amides is 1. The highest BCUT2D eigenvalue weighted by Gasteiger charge is 2.32. The fourth-order valence-corrected chi connectivity index (χ4v) is 4.81. The number of hydrogen-bond acceptors (Lipinski definition) is 6. The van der Waals surface area contributed by atoms with Crippen molar-refractivity contribution in [2.75, 3.05) is 52.3 Å². The van der Waals surface area contributed by atoms with Gasteiger partial charge in [-0.15, -0.1) is 0 Å². The average Bonchev–Trinajstić information content (AvgIpc) is 2.83. The lowest BCUT2D eigenvalue weighted by Gasteiger charge is -2.40. The molecule has 1 saturated heterocycles. The zero-order valence-corrected chi connectivity index (χ0v) is 20.0. The fourth-order valence-electron chi connectivity index (χ4n) is 4.81. The summed E-state index contributed by atoms with van der Waals surface area (Å²) < 4.78 is 10.4. The number of nitrogens with zero attached hydrogens (tertiary/aromatic N) is 3. The molecule has 1 fully saturated rings. The summed E-state index contributed by atoms with van der Waals surface area (Å²) in [6.07, 6.45) is 1.07. The number of carbonyl (C=O) groups is 2. The first kappa shape index (κ1) is 23.1. The highest BCUT2D eigenvalue weighted by molar-refractivity contribution is 5.89. The van der Waals surface area contributed by atoms with Crippen molar-refractivity contribution in [3.05, 3.63) is 58.7 Å². The molecule has 2 aliphatic rings. The van der Waals surface area contributed by atoms with E-state index in [-0.39, 0.29) is 17.9 Å². The molecular weight excluding hydrogens is 418 g/mol. The molecule has 1 atom stereocenters. The Morgan fingerprint density at radius 2 is 1.67 bits per heavy atom. The van der Waals surface area contributed by atoms with E-state index in [1.165, 1.54) is 23.9 Å². The van der Waals surface area contributed by atoms with E-state index in [2.05, 4.69) is 35.9 Å². The maximum Gasteiger partial charge on any atom is 0.337 e. The normalized spacial score (nSPS) is 18.6. The van der Waals surface area contributed by atoms with Crippen molar-refractivity contribution in [1.29, 1.82) is 0 Å². The molecule has 0 bridgehead atoms. The average molecular weight is 452 g/mol. The number of rotatable bonds is 5. The van der Waals surface area contributed by atoms with Gasteiger partial charge in [-0.05, 0) is 50.2 Å². The Labute approximate surface area is 195 Å². The highest BCUT2D eigenvalue weighted by atomic mass is 16.5. The van der Waals surface area contributed by atoms with Crippen LogP contribution in [0.3, 0.4) is 0 Å². The van der Waals surface area contributed by atoms with Crippen LogP contribution in [0.5, 0.6) is 5.75 Å². The van der Waals surface area contributed by atoms with Crippen molar-refractivity contribution in [2.24, 2.45) is 0 Å². The Balaban J connectivity index is 1.56. The van der Waals surface area contributed by atoms with E-state index in [1.807, 2.05) is 17.0 Å². The summed E-state index contributed by atoms with van der Waals surface area (Å²) in [5, 5.41) is 0. The number of piperazine rings is 1. The van der Waals surface area contributed by atoms with Crippen LogP contribution in [0.15, 0.2) is 36.4 Å². The number of esters is 1. The quantitative estimate of drug-likeness (QED) is 0.652. The van der Waals surface area contributed by atoms with Gasteiger partial charge in [-0.1, -0.05) is 12.1 Å². The topological polar surface area (TPSA) is 62.3 Å². The van der Waals surface area contributed by atoms with Crippen LogP contribution in [-0.2, 0) is 28.9 Å². The van der Waals surface area contributed by atoms with Crippen LogP contribution in [0, 0.1) is 0 Å². The smallest absolute Gasteiger partial charge is 0.337 e. The van der Waals surface area contributed by atoms with E-state index in [0.29, 0.717) is 18.5 Å². The van der Waals surface area contributed by atoms with Gasteiger partial charge >= 0.3 is 5.97 Å². The van der Waals surface area contributed by atoms with Crippen LogP contribution in [0.4, 0.5) is 5.69 Å². The van der Waals surface area contributed by atoms with E-state index < -0.39 is 0 Å². The van der Waals surface area contributed by atoms with Crippen LogP contribution in [0.2, 0.25) is 0 Å². The standard InChI is InChI=1S/C26H33N3O4/c1-18-15-21-22(23(9-10-24(21)32-3)28-13-11-27(2)12-14-28)17-29(18)25(30)16-19-5-7-20(8-6-19)26(31)33-4/h5-10,18H,11-17H2,1-4H3/t18-/m0/s1. The first-order valence-corrected chi connectivity index (χ1v) is 11.5. The molecule has 0 aliphatic carbocycles. The first-order chi connectivity index (χ1) is 15.9. The third-order valence-corrected chi connectivity index (χ3v) is 6.84. The summed E-state index contributed by atoms with van der Waals surface area (Å²) in [4.78, 5) is 31.8. The summed E-state index contributed by atoms with van der Waals surface area (Å²) >= 11 is 0. The molecule has 0 saturated carbocycles. The minimum Gasteiger partial charge on any atom is -0.496 e. The van der Waals surface area contributed by atoms with Crippen LogP contribution in [0.25, 0.3) is 0 Å². The number of hydrogen-bond donors (Lipinski definition) is 0. The molecule has 7 heteroatoms. The van der Waals surface area contributed by atoms with Crippen LogP contribution < -0.4 is 9.64 Å². The monoisotopic (exact) mass is 451 g/mol. The van der Waals surface area contributed by atoms with E-state index in [9.17, 15) is 9.59 Å². The molecule has 176 valence electrons. The molecule has 0 radical (unpaired) electrons. The predicted octanol–water partition coefficient (Wildman–Crippen LogP) is 2.75. The zero-order valence-electron chi connectivity index (χ0n) is 20.0. The van der Waals surface area contributed by atoms with Crippen LogP contribution >= 0.6 is 0 Å². The maximum atomic E-state index is 13.3. The SMILES string of the molecule is COC(=O)c1ccc(CC(=O)N2Cc3c(N4CCN(C)CC4)ccc(OC)c3C[C@@H]2C)cc1. The van der Waals surface area contributed by atoms with Gasteiger partial charge in [0.2, 0.25) is 5.91 Å². The van der Waals surface area contributed by atoms with Gasteiger partial charge in [-0.3, -0.25) is 4.79 Å². The number of anilines is 1. The lowest BCUT2D eigenvalue weighted by atomic mass is 9.91. The van der Waals surface area contributed by atoms with Crippen LogP contribution in [0.1, 0.15) is 34.0 Å². The van der Waals surface area contributed by atoms with Crippen molar-refractivity contribution in [2.45, 2.75) is 32.4 Å². The maximum absolute atomic E-state index is 13.3. The number of likely N-dealkylation sites (N-methyl/N-ethyl adjacent to an activating group) is 1. The summed E-state index contributed by atoms with van der Waals surface area (Å²) in [6.45, 7) is 6.69. The fraction of sp³-hybridized carbons (Fsp3) is 0.462. The predicted molar refractivity (Wildman–Crippen MR) is 128 cm³/mol. The zero-order chi connectivity index (χ0) is 23.5. The van der Waals surface area contributed by atoms with Crippen molar-refractivity contribution >= 4 is 17.6 Å². The van der Waals surface area contributed by atoms with Crippen molar-refractivity contribution in [3.63, 3.8) is 0 Å². The van der Waals surface area contributed by atoms with Crippen molar-refractivity contribution < 1.29 is 19.1 Å². The molecule has 33 heavy (non-hydrogen) atoms. The lowest BCUT2D eigenvalue weighted by molar-refractivity contribution is -0.133. The van der Waals surface area contributed by atoms with Gasteiger partial charge in [0.05, 0.1) is 26.2 Å². The van der Waals surface area contributed by atoms with E-state index in [4.69, 9.17) is 9.47 Å². The van der Waals surface area contributed by atoms with Crippen molar-refractivity contribution in [1.82, 2.24) is 9.80 Å². The molecule has 2 heterocycles. The summed E-state index contributed by atoms with van der Waals surface area (Å²) in [5.41, 5.74) is 5.00. The summed E-state index contributed by atoms with van der Waals surface area (Å²) in [5.74, 6) is 0.617. The van der Waals surface area contributed by atoms with Gasteiger partial charge in [0.15, 0.2) is 0 Å². The third-order valence-electron chi connectivity index (χ3n) is 6.84. The Morgan fingerprint density at radius 1 is 0.970 bits per heavy atom. The van der Waals surface area contributed by atoms with Gasteiger partial charge in [-0.25, -0.2) is 4.79 Å². The molecule has 2 aromatic carbocycles. The first-order valence-electron chi connectivity index (χ1n) is 11.5.